The first-order valence-corrected chi connectivity index (χ1v) is 5.67. The molecule has 4 heteroatoms. The van der Waals surface area contributed by atoms with Crippen molar-refractivity contribution in [3.05, 3.63) is 34.2 Å². The number of H-pyrrole nitrogens is 1. The molecule has 1 heterocycles. The zero-order valence-corrected chi connectivity index (χ0v) is 9.32. The van der Waals surface area contributed by atoms with Crippen LogP contribution >= 0.6 is 0 Å². The molecule has 0 saturated heterocycles. The Kier molecular flexibility index (Phi) is 3.08. The van der Waals surface area contributed by atoms with E-state index in [1.165, 1.54) is 6.07 Å². The predicted octanol–water partition coefficient (Wildman–Crippen LogP) is 1.29. The smallest absolute Gasteiger partial charge is 0.268 e. The van der Waals surface area contributed by atoms with Crippen LogP contribution in [-0.4, -0.2) is 16.9 Å². The number of hydrogen-bond acceptors (Lipinski definition) is 2. The first-order chi connectivity index (χ1) is 7.66. The van der Waals surface area contributed by atoms with Gasteiger partial charge in [0.25, 0.3) is 5.91 Å². The summed E-state index contributed by atoms with van der Waals surface area (Å²) in [6.07, 6.45) is 3.36. The quantitative estimate of drug-likeness (QED) is 0.789. The fourth-order valence-electron chi connectivity index (χ4n) is 2.19. The van der Waals surface area contributed by atoms with Crippen LogP contribution in [0.5, 0.6) is 0 Å². The van der Waals surface area contributed by atoms with Crippen LogP contribution in [0.4, 0.5) is 0 Å². The van der Waals surface area contributed by atoms with Crippen LogP contribution in [0.1, 0.15) is 36.7 Å². The number of amides is 1. The van der Waals surface area contributed by atoms with E-state index in [0.717, 1.165) is 19.3 Å². The van der Waals surface area contributed by atoms with Gasteiger partial charge in [0.15, 0.2) is 0 Å². The van der Waals surface area contributed by atoms with Crippen molar-refractivity contribution in [2.24, 2.45) is 5.92 Å². The van der Waals surface area contributed by atoms with Gasteiger partial charge < -0.3 is 10.3 Å². The third kappa shape index (κ3) is 2.32. The van der Waals surface area contributed by atoms with Gasteiger partial charge in [0, 0.05) is 12.1 Å². The van der Waals surface area contributed by atoms with Crippen LogP contribution in [0.3, 0.4) is 0 Å². The van der Waals surface area contributed by atoms with Crippen molar-refractivity contribution in [3.63, 3.8) is 0 Å². The standard InChI is InChI=1S/C12H16N2O2/c1-8-4-2-5-9(8)14-12(16)10-6-3-7-11(15)13-10/h3,6-9H,2,4-5H2,1H3,(H,13,15)(H,14,16). The Morgan fingerprint density at radius 3 is 2.88 bits per heavy atom. The number of carbonyl (C=O) groups excluding carboxylic acids is 1. The first kappa shape index (κ1) is 10.9. The summed E-state index contributed by atoms with van der Waals surface area (Å²) >= 11 is 0. The van der Waals surface area contributed by atoms with Gasteiger partial charge in [0.1, 0.15) is 5.69 Å². The van der Waals surface area contributed by atoms with Crippen LogP contribution < -0.4 is 10.9 Å². The highest BCUT2D eigenvalue weighted by Crippen LogP contribution is 2.24. The third-order valence-corrected chi connectivity index (χ3v) is 3.19. The molecule has 2 atom stereocenters. The average molecular weight is 220 g/mol. The second kappa shape index (κ2) is 4.51. The summed E-state index contributed by atoms with van der Waals surface area (Å²) in [5.74, 6) is 0.343. The van der Waals surface area contributed by atoms with Gasteiger partial charge >= 0.3 is 0 Å². The van der Waals surface area contributed by atoms with Gasteiger partial charge in [-0.15, -0.1) is 0 Å². The van der Waals surface area contributed by atoms with E-state index >= 15 is 0 Å². The Morgan fingerprint density at radius 1 is 1.44 bits per heavy atom. The molecule has 16 heavy (non-hydrogen) atoms. The number of carbonyl (C=O) groups is 1. The highest BCUT2D eigenvalue weighted by atomic mass is 16.2. The molecule has 1 aliphatic carbocycles. The average Bonchev–Trinajstić information content (AvgIpc) is 2.64. The Hall–Kier alpha value is -1.58. The van der Waals surface area contributed by atoms with Gasteiger partial charge in [0.2, 0.25) is 5.56 Å². The lowest BCUT2D eigenvalue weighted by Crippen LogP contribution is -2.37. The third-order valence-electron chi connectivity index (χ3n) is 3.19. The Balaban J connectivity index is 2.05. The topological polar surface area (TPSA) is 62.0 Å². The first-order valence-electron chi connectivity index (χ1n) is 5.67. The van der Waals surface area contributed by atoms with E-state index in [1.807, 2.05) is 0 Å². The summed E-state index contributed by atoms with van der Waals surface area (Å²) in [6, 6.07) is 4.85. The van der Waals surface area contributed by atoms with Crippen molar-refractivity contribution in [1.82, 2.24) is 10.3 Å². The van der Waals surface area contributed by atoms with Gasteiger partial charge in [-0.25, -0.2) is 0 Å². The molecule has 0 aliphatic heterocycles. The Bertz CT molecular complexity index is 439. The summed E-state index contributed by atoms with van der Waals surface area (Å²) in [4.78, 5) is 25.4. The van der Waals surface area contributed by atoms with Gasteiger partial charge in [-0.2, -0.15) is 0 Å². The van der Waals surface area contributed by atoms with Crippen molar-refractivity contribution in [2.45, 2.75) is 32.2 Å². The number of nitrogens with one attached hydrogen (secondary N) is 2. The highest BCUT2D eigenvalue weighted by Gasteiger charge is 2.25. The van der Waals surface area contributed by atoms with Crippen LogP contribution in [0.15, 0.2) is 23.0 Å². The van der Waals surface area contributed by atoms with E-state index in [1.54, 1.807) is 12.1 Å². The molecule has 86 valence electrons. The lowest BCUT2D eigenvalue weighted by molar-refractivity contribution is 0.0924. The number of aromatic nitrogens is 1. The lowest BCUT2D eigenvalue weighted by atomic mass is 10.1. The fraction of sp³-hybridized carbons (Fsp3) is 0.500. The minimum Gasteiger partial charge on any atom is -0.348 e. The van der Waals surface area contributed by atoms with E-state index in [4.69, 9.17) is 0 Å². The monoisotopic (exact) mass is 220 g/mol. The fourth-order valence-corrected chi connectivity index (χ4v) is 2.19. The molecule has 2 unspecified atom stereocenters. The van der Waals surface area contributed by atoms with E-state index in [-0.39, 0.29) is 17.5 Å². The van der Waals surface area contributed by atoms with E-state index in [2.05, 4.69) is 17.2 Å². The van der Waals surface area contributed by atoms with Gasteiger partial charge in [-0.05, 0) is 24.8 Å². The van der Waals surface area contributed by atoms with E-state index in [9.17, 15) is 9.59 Å². The second-order valence-electron chi connectivity index (χ2n) is 4.42. The summed E-state index contributed by atoms with van der Waals surface area (Å²) in [5.41, 5.74) is 0.0960. The number of pyridine rings is 1. The van der Waals surface area contributed by atoms with Crippen LogP contribution in [0.25, 0.3) is 0 Å². The number of rotatable bonds is 2. The molecule has 0 radical (unpaired) electrons. The Labute approximate surface area is 94.1 Å². The predicted molar refractivity (Wildman–Crippen MR) is 61.3 cm³/mol. The summed E-state index contributed by atoms with van der Waals surface area (Å²) in [5, 5.41) is 2.96. The molecule has 2 N–H and O–H groups in total. The summed E-state index contributed by atoms with van der Waals surface area (Å²) < 4.78 is 0. The Morgan fingerprint density at radius 2 is 2.25 bits per heavy atom. The molecule has 4 nitrogen and oxygen atoms in total. The van der Waals surface area contributed by atoms with Crippen LogP contribution in [0, 0.1) is 5.92 Å². The van der Waals surface area contributed by atoms with Gasteiger partial charge in [-0.1, -0.05) is 19.4 Å². The molecule has 1 amide bonds. The van der Waals surface area contributed by atoms with Crippen molar-refractivity contribution in [2.75, 3.05) is 0 Å². The number of hydrogen-bond donors (Lipinski definition) is 2. The normalized spacial score (nSPS) is 24.3. The van der Waals surface area contributed by atoms with E-state index < -0.39 is 0 Å². The van der Waals surface area contributed by atoms with Crippen molar-refractivity contribution in [1.29, 1.82) is 0 Å². The molecule has 1 fully saturated rings. The zero-order chi connectivity index (χ0) is 11.5. The molecule has 2 rings (SSSR count). The molecule has 0 spiro atoms. The lowest BCUT2D eigenvalue weighted by Gasteiger charge is -2.16. The SMILES string of the molecule is CC1CCCC1NC(=O)c1cccc(=O)[nH]1. The number of aromatic amines is 1. The molecule has 1 aromatic heterocycles. The minimum absolute atomic E-state index is 0.184. The summed E-state index contributed by atoms with van der Waals surface area (Å²) in [6.45, 7) is 2.14. The van der Waals surface area contributed by atoms with Crippen molar-refractivity contribution < 1.29 is 4.79 Å². The van der Waals surface area contributed by atoms with Crippen molar-refractivity contribution >= 4 is 5.91 Å². The maximum atomic E-state index is 11.8. The molecule has 0 bridgehead atoms. The maximum Gasteiger partial charge on any atom is 0.268 e. The summed E-state index contributed by atoms with van der Waals surface area (Å²) in [7, 11) is 0. The van der Waals surface area contributed by atoms with Crippen LogP contribution in [-0.2, 0) is 0 Å². The largest absolute Gasteiger partial charge is 0.348 e. The highest BCUT2D eigenvalue weighted by molar-refractivity contribution is 5.92. The van der Waals surface area contributed by atoms with Crippen LogP contribution in [0.2, 0.25) is 0 Å². The molecule has 1 saturated carbocycles. The molecule has 0 aromatic carbocycles. The maximum absolute atomic E-state index is 11.8. The second-order valence-corrected chi connectivity index (χ2v) is 4.42. The molecule has 1 aliphatic rings. The van der Waals surface area contributed by atoms with Gasteiger partial charge in [0.05, 0.1) is 0 Å². The zero-order valence-electron chi connectivity index (χ0n) is 9.32. The van der Waals surface area contributed by atoms with Crippen molar-refractivity contribution in [3.8, 4) is 0 Å². The molecule has 1 aromatic rings. The molecular weight excluding hydrogens is 204 g/mol. The molecular formula is C12H16N2O2. The minimum atomic E-state index is -0.243. The van der Waals surface area contributed by atoms with Gasteiger partial charge in [-0.3, -0.25) is 9.59 Å². The van der Waals surface area contributed by atoms with E-state index in [0.29, 0.717) is 11.6 Å².